The highest BCUT2D eigenvalue weighted by Crippen LogP contribution is 2.24. The maximum atomic E-state index is 13.0. The number of guanidine groups is 1. The van der Waals surface area contributed by atoms with Crippen molar-refractivity contribution in [2.24, 2.45) is 16.6 Å². The van der Waals surface area contributed by atoms with Gasteiger partial charge in [-0.2, -0.15) is 0 Å². The van der Waals surface area contributed by atoms with E-state index in [9.17, 15) is 18.0 Å². The van der Waals surface area contributed by atoms with Gasteiger partial charge in [-0.25, -0.2) is 8.42 Å². The number of H-pyrrole nitrogens is 1. The number of hydrogen-bond acceptors (Lipinski definition) is 6. The molecule has 180 valence electrons. The number of anilines is 1. The van der Waals surface area contributed by atoms with E-state index in [4.69, 9.17) is 27.9 Å². The van der Waals surface area contributed by atoms with Crippen molar-refractivity contribution in [3.05, 3.63) is 69.1 Å². The first-order chi connectivity index (χ1) is 16.0. The highest BCUT2D eigenvalue weighted by atomic mass is 35.5. The van der Waals surface area contributed by atoms with Crippen molar-refractivity contribution in [1.29, 1.82) is 0 Å². The van der Waals surface area contributed by atoms with Crippen LogP contribution in [0.4, 0.5) is 5.69 Å². The van der Waals surface area contributed by atoms with E-state index in [2.05, 4.69) is 20.2 Å². The van der Waals surface area contributed by atoms with Gasteiger partial charge in [-0.1, -0.05) is 23.7 Å². The van der Waals surface area contributed by atoms with Crippen LogP contribution >= 0.6 is 11.6 Å². The van der Waals surface area contributed by atoms with Crippen LogP contribution in [0.15, 0.2) is 57.3 Å². The number of aromatic amines is 1. The number of sulfonamides is 1. The Bertz CT molecular complexity index is 1420. The predicted octanol–water partition coefficient (Wildman–Crippen LogP) is 1.15. The number of aryl methyl sites for hydroxylation is 1. The van der Waals surface area contributed by atoms with Crippen LogP contribution in [0, 0.1) is 6.92 Å². The summed E-state index contributed by atoms with van der Waals surface area (Å²) >= 11 is 5.98. The molecule has 1 heterocycles. The molecule has 34 heavy (non-hydrogen) atoms. The summed E-state index contributed by atoms with van der Waals surface area (Å²) in [6.45, 7) is 1.74. The molecule has 3 rings (SSSR count). The number of nitrogens with one attached hydrogen (secondary N) is 3. The second-order valence-corrected chi connectivity index (χ2v) is 9.44. The summed E-state index contributed by atoms with van der Waals surface area (Å²) in [5.74, 6) is -0.709. The number of benzene rings is 2. The molecule has 0 saturated heterocycles. The van der Waals surface area contributed by atoms with Crippen LogP contribution in [-0.4, -0.2) is 38.4 Å². The van der Waals surface area contributed by atoms with E-state index in [0.717, 1.165) is 5.39 Å². The fraction of sp³-hybridized carbons (Fsp3) is 0.190. The van der Waals surface area contributed by atoms with E-state index < -0.39 is 21.5 Å². The summed E-state index contributed by atoms with van der Waals surface area (Å²) < 4.78 is 28.4. The molecule has 1 amide bonds. The molecule has 0 radical (unpaired) electrons. The number of pyridine rings is 1. The Morgan fingerprint density at radius 1 is 1.15 bits per heavy atom. The van der Waals surface area contributed by atoms with Crippen LogP contribution in [0.3, 0.4) is 0 Å². The predicted molar refractivity (Wildman–Crippen MR) is 130 cm³/mol. The zero-order valence-corrected chi connectivity index (χ0v) is 19.7. The largest absolute Gasteiger partial charge is 0.391 e. The highest BCUT2D eigenvalue weighted by molar-refractivity contribution is 7.92. The van der Waals surface area contributed by atoms with Crippen LogP contribution in [0.25, 0.3) is 10.8 Å². The normalized spacial score (nSPS) is 11.1. The maximum Gasteiger partial charge on any atom is 0.272 e. The molecular weight excluding hydrogens is 484 g/mol. The number of carbonyl (C=O) groups excluding carboxylic acids is 1. The molecule has 0 aliphatic rings. The molecular formula is C21H23ClN6O5S. The van der Waals surface area contributed by atoms with Crippen molar-refractivity contribution >= 4 is 50.0 Å². The third-order valence-corrected chi connectivity index (χ3v) is 6.19. The number of nitrogens with two attached hydrogens (primary N) is 2. The summed E-state index contributed by atoms with van der Waals surface area (Å²) in [5.41, 5.74) is 10.0. The third kappa shape index (κ3) is 6.39. The SMILES string of the molecule is Cc1cc(CC(=O)NCCON=C(N)N)c(NS(=O)(=O)c2ccc3cc(Cl)ccc3c2)c(=O)[nH]1. The minimum absolute atomic E-state index is 0.0186. The first kappa shape index (κ1) is 24.9. The lowest BCUT2D eigenvalue weighted by Gasteiger charge is -2.13. The minimum Gasteiger partial charge on any atom is -0.391 e. The fourth-order valence-corrected chi connectivity index (χ4v) is 4.48. The Hall–Kier alpha value is -3.77. The van der Waals surface area contributed by atoms with Gasteiger partial charge in [-0.15, -0.1) is 0 Å². The molecule has 2 aromatic carbocycles. The van der Waals surface area contributed by atoms with E-state index in [1.807, 2.05) is 0 Å². The number of rotatable bonds is 9. The number of fused-ring (bicyclic) bond motifs is 1. The van der Waals surface area contributed by atoms with Crippen molar-refractivity contribution in [2.75, 3.05) is 17.9 Å². The second kappa shape index (κ2) is 10.4. The summed E-state index contributed by atoms with van der Waals surface area (Å²) in [4.78, 5) is 32.2. The highest BCUT2D eigenvalue weighted by Gasteiger charge is 2.20. The van der Waals surface area contributed by atoms with Gasteiger partial charge < -0.3 is 26.6 Å². The number of aromatic nitrogens is 1. The number of halogens is 1. The Balaban J connectivity index is 1.81. The van der Waals surface area contributed by atoms with Gasteiger partial charge in [0.25, 0.3) is 15.6 Å². The minimum atomic E-state index is -4.13. The monoisotopic (exact) mass is 506 g/mol. The zero-order chi connectivity index (χ0) is 24.9. The molecule has 0 saturated carbocycles. The van der Waals surface area contributed by atoms with Crippen molar-refractivity contribution in [2.45, 2.75) is 18.2 Å². The summed E-state index contributed by atoms with van der Waals surface area (Å²) in [6.07, 6.45) is -0.249. The van der Waals surface area contributed by atoms with E-state index in [1.54, 1.807) is 31.2 Å². The Morgan fingerprint density at radius 2 is 1.85 bits per heavy atom. The first-order valence-corrected chi connectivity index (χ1v) is 11.8. The quantitative estimate of drug-likeness (QED) is 0.125. The van der Waals surface area contributed by atoms with Crippen LogP contribution in [0.2, 0.25) is 5.02 Å². The summed E-state index contributed by atoms with van der Waals surface area (Å²) in [7, 11) is -4.13. The van der Waals surface area contributed by atoms with E-state index in [1.165, 1.54) is 18.2 Å². The topological polar surface area (TPSA) is 182 Å². The maximum absolute atomic E-state index is 13.0. The number of nitrogens with zero attached hydrogens (tertiary/aromatic N) is 1. The molecule has 0 unspecified atom stereocenters. The smallest absolute Gasteiger partial charge is 0.272 e. The Labute approximate surface area is 200 Å². The van der Waals surface area contributed by atoms with Gasteiger partial charge in [-0.05, 0) is 58.7 Å². The molecule has 7 N–H and O–H groups in total. The van der Waals surface area contributed by atoms with Crippen LogP contribution in [-0.2, 0) is 26.1 Å². The number of hydrogen-bond donors (Lipinski definition) is 5. The Morgan fingerprint density at radius 3 is 2.59 bits per heavy atom. The van der Waals surface area contributed by atoms with Gasteiger partial charge in [0.2, 0.25) is 11.9 Å². The first-order valence-electron chi connectivity index (χ1n) is 9.98. The summed E-state index contributed by atoms with van der Waals surface area (Å²) in [5, 5.41) is 7.85. The van der Waals surface area contributed by atoms with Crippen molar-refractivity contribution in [1.82, 2.24) is 10.3 Å². The zero-order valence-electron chi connectivity index (χ0n) is 18.1. The molecule has 11 nitrogen and oxygen atoms in total. The van der Waals surface area contributed by atoms with Crippen LogP contribution < -0.4 is 27.1 Å². The van der Waals surface area contributed by atoms with Crippen LogP contribution in [0.5, 0.6) is 0 Å². The lowest BCUT2D eigenvalue weighted by atomic mass is 10.1. The molecule has 0 aliphatic heterocycles. The Kier molecular flexibility index (Phi) is 7.64. The second-order valence-electron chi connectivity index (χ2n) is 7.32. The van der Waals surface area contributed by atoms with Gasteiger partial charge in [0.1, 0.15) is 12.3 Å². The average Bonchev–Trinajstić information content (AvgIpc) is 2.75. The summed E-state index contributed by atoms with van der Waals surface area (Å²) in [6, 6.07) is 11.1. The average molecular weight is 507 g/mol. The van der Waals surface area contributed by atoms with Gasteiger partial charge in [0.15, 0.2) is 0 Å². The van der Waals surface area contributed by atoms with Gasteiger partial charge >= 0.3 is 0 Å². The lowest BCUT2D eigenvalue weighted by Crippen LogP contribution is -2.30. The van der Waals surface area contributed by atoms with E-state index in [-0.39, 0.29) is 41.7 Å². The van der Waals surface area contributed by atoms with Gasteiger partial charge in [-0.3, -0.25) is 14.3 Å². The molecule has 13 heteroatoms. The van der Waals surface area contributed by atoms with Crippen molar-refractivity contribution in [3.8, 4) is 0 Å². The van der Waals surface area contributed by atoms with E-state index >= 15 is 0 Å². The molecule has 0 atom stereocenters. The third-order valence-electron chi connectivity index (χ3n) is 4.61. The van der Waals surface area contributed by atoms with Crippen molar-refractivity contribution in [3.63, 3.8) is 0 Å². The molecule has 0 fully saturated rings. The molecule has 3 aromatic rings. The molecule has 0 aliphatic carbocycles. The van der Waals surface area contributed by atoms with Crippen molar-refractivity contribution < 1.29 is 18.0 Å². The number of amides is 1. The number of carbonyl (C=O) groups is 1. The standard InChI is InChI=1S/C21H23ClN6O5S/c1-12-8-15(11-18(29)25-6-7-33-27-21(23)24)19(20(30)26-12)28-34(31,32)17-5-3-13-9-16(22)4-2-14(13)10-17/h2-5,8-10,28H,6-7,11H2,1H3,(H,25,29)(H,26,30)(H4,23,24,27). The van der Waals surface area contributed by atoms with E-state index in [0.29, 0.717) is 16.1 Å². The van der Waals surface area contributed by atoms with Crippen LogP contribution in [0.1, 0.15) is 11.3 Å². The molecule has 1 aromatic heterocycles. The molecule has 0 bridgehead atoms. The van der Waals surface area contributed by atoms with Gasteiger partial charge in [0, 0.05) is 10.7 Å². The number of oxime groups is 1. The lowest BCUT2D eigenvalue weighted by molar-refractivity contribution is -0.120. The fourth-order valence-electron chi connectivity index (χ4n) is 3.16. The van der Waals surface area contributed by atoms with Gasteiger partial charge in [0.05, 0.1) is 17.9 Å². The molecule has 0 spiro atoms.